The van der Waals surface area contributed by atoms with Crippen LogP contribution in [0.3, 0.4) is 0 Å². The summed E-state index contributed by atoms with van der Waals surface area (Å²) >= 11 is 5.97. The number of Topliss-reactive ketones (excluding diaryl/α,β-unsaturated/α-hetero) is 1. The van der Waals surface area contributed by atoms with Crippen LogP contribution in [0.25, 0.3) is 0 Å². The summed E-state index contributed by atoms with van der Waals surface area (Å²) in [6.45, 7) is 1.15. The van der Waals surface area contributed by atoms with Crippen molar-refractivity contribution in [2.75, 3.05) is 13.2 Å². The molecule has 1 aliphatic heterocycles. The topological polar surface area (TPSA) is 35.5 Å². The molecule has 0 aromatic heterocycles. The second-order valence-electron chi connectivity index (χ2n) is 3.68. The average molecular weight is 241 g/mol. The van der Waals surface area contributed by atoms with Crippen molar-refractivity contribution in [3.63, 3.8) is 0 Å². The quantitative estimate of drug-likeness (QED) is 0.810. The van der Waals surface area contributed by atoms with Crippen LogP contribution in [-0.2, 0) is 20.7 Å². The lowest BCUT2D eigenvalue weighted by atomic mass is 10.1. The number of ether oxygens (including phenoxy) is 2. The summed E-state index contributed by atoms with van der Waals surface area (Å²) in [5.74, 6) is 0.0833. The van der Waals surface area contributed by atoms with Crippen molar-refractivity contribution in [3.05, 3.63) is 34.9 Å². The number of benzene rings is 1. The maximum absolute atomic E-state index is 11.7. The third-order valence-corrected chi connectivity index (χ3v) is 2.80. The van der Waals surface area contributed by atoms with Gasteiger partial charge in [-0.3, -0.25) is 4.79 Å². The Morgan fingerprint density at radius 2 is 2.00 bits per heavy atom. The van der Waals surface area contributed by atoms with Crippen LogP contribution in [-0.4, -0.2) is 25.3 Å². The number of hydrogen-bond donors (Lipinski definition) is 0. The first-order valence-electron chi connectivity index (χ1n) is 5.24. The number of rotatable bonds is 4. The van der Waals surface area contributed by atoms with E-state index in [1.54, 1.807) is 6.07 Å². The van der Waals surface area contributed by atoms with Gasteiger partial charge in [0, 0.05) is 11.4 Å². The third-order valence-electron chi connectivity index (χ3n) is 2.43. The Labute approximate surface area is 99.3 Å². The molecule has 0 N–H and O–H groups in total. The molecule has 4 heteroatoms. The Kier molecular flexibility index (Phi) is 3.93. The van der Waals surface area contributed by atoms with Gasteiger partial charge in [-0.15, -0.1) is 0 Å². The van der Waals surface area contributed by atoms with Crippen LogP contribution in [0, 0.1) is 0 Å². The number of hydrogen-bond acceptors (Lipinski definition) is 3. The van der Waals surface area contributed by atoms with Crippen LogP contribution in [0.5, 0.6) is 0 Å². The fourth-order valence-electron chi connectivity index (χ4n) is 1.64. The largest absolute Gasteiger partial charge is 0.350 e. The van der Waals surface area contributed by atoms with Gasteiger partial charge in [0.1, 0.15) is 5.78 Å². The van der Waals surface area contributed by atoms with Crippen LogP contribution in [0.4, 0.5) is 0 Å². The molecular weight excluding hydrogens is 228 g/mol. The molecule has 1 heterocycles. The van der Waals surface area contributed by atoms with Gasteiger partial charge in [-0.05, 0) is 11.6 Å². The van der Waals surface area contributed by atoms with Gasteiger partial charge in [-0.25, -0.2) is 0 Å². The number of carbonyl (C=O) groups excluding carboxylic acids is 1. The lowest BCUT2D eigenvalue weighted by Gasteiger charge is -2.08. The van der Waals surface area contributed by atoms with Gasteiger partial charge in [0.05, 0.1) is 19.6 Å². The van der Waals surface area contributed by atoms with Gasteiger partial charge in [-0.1, -0.05) is 29.8 Å². The normalized spacial score (nSPS) is 16.6. The molecule has 0 spiro atoms. The molecule has 86 valence electrons. The molecule has 0 saturated carbocycles. The summed E-state index contributed by atoms with van der Waals surface area (Å²) < 4.78 is 10.4. The van der Waals surface area contributed by atoms with E-state index in [2.05, 4.69) is 0 Å². The number of halogens is 1. The van der Waals surface area contributed by atoms with Crippen LogP contribution < -0.4 is 0 Å². The Morgan fingerprint density at radius 3 is 2.69 bits per heavy atom. The lowest BCUT2D eigenvalue weighted by Crippen LogP contribution is -2.15. The van der Waals surface area contributed by atoms with E-state index in [0.29, 0.717) is 31.1 Å². The van der Waals surface area contributed by atoms with Crippen molar-refractivity contribution >= 4 is 17.4 Å². The summed E-state index contributed by atoms with van der Waals surface area (Å²) in [7, 11) is 0. The number of ketones is 1. The smallest absolute Gasteiger partial charge is 0.164 e. The fraction of sp³-hybridized carbons (Fsp3) is 0.417. The SMILES string of the molecule is O=C(Cc1ccccc1Cl)CC1OCCO1. The molecule has 1 fully saturated rings. The molecule has 1 saturated heterocycles. The van der Waals surface area contributed by atoms with E-state index in [9.17, 15) is 4.79 Å². The van der Waals surface area contributed by atoms with Gasteiger partial charge in [0.25, 0.3) is 0 Å². The Bertz CT molecular complexity index is 372. The van der Waals surface area contributed by atoms with E-state index >= 15 is 0 Å². The van der Waals surface area contributed by atoms with Gasteiger partial charge >= 0.3 is 0 Å². The first-order chi connectivity index (χ1) is 7.75. The van der Waals surface area contributed by atoms with E-state index in [0.717, 1.165) is 5.56 Å². The molecule has 0 bridgehead atoms. The van der Waals surface area contributed by atoms with Crippen molar-refractivity contribution in [1.82, 2.24) is 0 Å². The van der Waals surface area contributed by atoms with E-state index in [4.69, 9.17) is 21.1 Å². The second-order valence-corrected chi connectivity index (χ2v) is 4.09. The Morgan fingerprint density at radius 1 is 1.31 bits per heavy atom. The first kappa shape index (κ1) is 11.6. The lowest BCUT2D eigenvalue weighted by molar-refractivity contribution is -0.126. The highest BCUT2D eigenvalue weighted by atomic mass is 35.5. The Balaban J connectivity index is 1.89. The summed E-state index contributed by atoms with van der Waals surface area (Å²) in [4.78, 5) is 11.7. The van der Waals surface area contributed by atoms with Crippen LogP contribution in [0.15, 0.2) is 24.3 Å². The summed E-state index contributed by atoms with van der Waals surface area (Å²) in [6, 6.07) is 7.36. The molecule has 1 aliphatic rings. The zero-order valence-electron chi connectivity index (χ0n) is 8.82. The van der Waals surface area contributed by atoms with Crippen molar-refractivity contribution < 1.29 is 14.3 Å². The molecule has 0 unspecified atom stereocenters. The van der Waals surface area contributed by atoms with Gasteiger partial charge in [-0.2, -0.15) is 0 Å². The average Bonchev–Trinajstić information content (AvgIpc) is 2.74. The highest BCUT2D eigenvalue weighted by Crippen LogP contribution is 2.17. The molecule has 0 amide bonds. The molecule has 16 heavy (non-hydrogen) atoms. The molecule has 1 aromatic carbocycles. The highest BCUT2D eigenvalue weighted by Gasteiger charge is 2.20. The molecule has 2 rings (SSSR count). The van der Waals surface area contributed by atoms with E-state index in [1.807, 2.05) is 18.2 Å². The van der Waals surface area contributed by atoms with Gasteiger partial charge in [0.15, 0.2) is 6.29 Å². The fourth-order valence-corrected chi connectivity index (χ4v) is 1.84. The molecule has 0 radical (unpaired) electrons. The van der Waals surface area contributed by atoms with E-state index < -0.39 is 0 Å². The third kappa shape index (κ3) is 3.04. The standard InChI is InChI=1S/C12H13ClO3/c13-11-4-2-1-3-9(11)7-10(14)8-12-15-5-6-16-12/h1-4,12H,5-8H2. The molecule has 1 aromatic rings. The second kappa shape index (κ2) is 5.43. The summed E-state index contributed by atoms with van der Waals surface area (Å²) in [5, 5.41) is 0.629. The molecule has 0 aliphatic carbocycles. The number of carbonyl (C=O) groups is 1. The van der Waals surface area contributed by atoms with Gasteiger partial charge < -0.3 is 9.47 Å². The zero-order chi connectivity index (χ0) is 11.4. The predicted molar refractivity (Wildman–Crippen MR) is 60.5 cm³/mol. The maximum atomic E-state index is 11.7. The van der Waals surface area contributed by atoms with E-state index in [-0.39, 0.29) is 12.1 Å². The molecular formula is C12H13ClO3. The summed E-state index contributed by atoms with van der Waals surface area (Å²) in [6.07, 6.45) is 0.267. The Hall–Kier alpha value is -0.900. The van der Waals surface area contributed by atoms with Crippen LogP contribution in [0.2, 0.25) is 5.02 Å². The van der Waals surface area contributed by atoms with Crippen LogP contribution in [0.1, 0.15) is 12.0 Å². The van der Waals surface area contributed by atoms with Crippen molar-refractivity contribution in [2.24, 2.45) is 0 Å². The van der Waals surface area contributed by atoms with Crippen molar-refractivity contribution in [3.8, 4) is 0 Å². The van der Waals surface area contributed by atoms with Crippen LogP contribution >= 0.6 is 11.6 Å². The van der Waals surface area contributed by atoms with Crippen molar-refractivity contribution in [2.45, 2.75) is 19.1 Å². The first-order valence-corrected chi connectivity index (χ1v) is 5.62. The monoisotopic (exact) mass is 240 g/mol. The zero-order valence-corrected chi connectivity index (χ0v) is 9.57. The summed E-state index contributed by atoms with van der Waals surface area (Å²) in [5.41, 5.74) is 0.854. The minimum atomic E-state index is -0.366. The minimum absolute atomic E-state index is 0.0833. The maximum Gasteiger partial charge on any atom is 0.164 e. The highest BCUT2D eigenvalue weighted by molar-refractivity contribution is 6.31. The molecule has 0 atom stereocenters. The minimum Gasteiger partial charge on any atom is -0.350 e. The molecule has 3 nitrogen and oxygen atoms in total. The van der Waals surface area contributed by atoms with E-state index in [1.165, 1.54) is 0 Å². The van der Waals surface area contributed by atoms with Crippen molar-refractivity contribution in [1.29, 1.82) is 0 Å². The van der Waals surface area contributed by atoms with Gasteiger partial charge in [0.2, 0.25) is 0 Å². The predicted octanol–water partition coefficient (Wildman–Crippen LogP) is 2.21.